The fourth-order valence-electron chi connectivity index (χ4n) is 4.25. The number of nitrogens with zero attached hydrogens (tertiary/aromatic N) is 4. The molecule has 0 amide bonds. The summed E-state index contributed by atoms with van der Waals surface area (Å²) >= 11 is 1.79. The van der Waals surface area contributed by atoms with Crippen LogP contribution in [-0.4, -0.2) is 34.5 Å². The van der Waals surface area contributed by atoms with Crippen molar-refractivity contribution in [1.29, 1.82) is 0 Å². The van der Waals surface area contributed by atoms with Crippen LogP contribution in [0.4, 0.5) is 5.82 Å². The highest BCUT2D eigenvalue weighted by atomic mass is 32.1. The summed E-state index contributed by atoms with van der Waals surface area (Å²) in [7, 11) is 0. The number of aliphatic imine (C=N–C) groups is 2. The van der Waals surface area contributed by atoms with Crippen LogP contribution < -0.4 is 0 Å². The van der Waals surface area contributed by atoms with Gasteiger partial charge in [0, 0.05) is 35.6 Å². The summed E-state index contributed by atoms with van der Waals surface area (Å²) in [5, 5.41) is 2.15. The highest BCUT2D eigenvalue weighted by Gasteiger charge is 2.33. The highest BCUT2D eigenvalue weighted by molar-refractivity contribution is 7.10. The SMILES string of the molecule is c1csc(C2N=C(C3CCCCC3)c3cccnc3N=C2N2CCC2)c1. The lowest BCUT2D eigenvalue weighted by Gasteiger charge is -2.36. The molecule has 1 aliphatic carbocycles. The van der Waals surface area contributed by atoms with Gasteiger partial charge in [-0.1, -0.05) is 25.3 Å². The molecule has 1 saturated carbocycles. The summed E-state index contributed by atoms with van der Waals surface area (Å²) in [4.78, 5) is 18.8. The summed E-state index contributed by atoms with van der Waals surface area (Å²) in [6.45, 7) is 2.16. The van der Waals surface area contributed by atoms with Crippen LogP contribution in [0, 0.1) is 5.92 Å². The first-order chi connectivity index (χ1) is 12.9. The molecule has 1 atom stereocenters. The van der Waals surface area contributed by atoms with E-state index >= 15 is 0 Å². The van der Waals surface area contributed by atoms with Gasteiger partial charge in [-0.3, -0.25) is 4.99 Å². The molecule has 5 heteroatoms. The van der Waals surface area contributed by atoms with Gasteiger partial charge in [-0.2, -0.15) is 0 Å². The van der Waals surface area contributed by atoms with E-state index in [-0.39, 0.29) is 6.04 Å². The van der Waals surface area contributed by atoms with E-state index in [1.54, 1.807) is 11.3 Å². The molecule has 0 bridgehead atoms. The Labute approximate surface area is 158 Å². The third-order valence-corrected chi connectivity index (χ3v) is 6.71. The number of likely N-dealkylation sites (tertiary alicyclic amines) is 1. The number of aromatic nitrogens is 1. The zero-order valence-corrected chi connectivity index (χ0v) is 15.8. The van der Waals surface area contributed by atoms with Gasteiger partial charge in [-0.25, -0.2) is 9.98 Å². The van der Waals surface area contributed by atoms with Crippen molar-refractivity contribution in [2.24, 2.45) is 15.9 Å². The minimum absolute atomic E-state index is 0.0152. The largest absolute Gasteiger partial charge is 0.358 e. The number of thiophene rings is 1. The van der Waals surface area contributed by atoms with Crippen LogP contribution in [0.3, 0.4) is 0 Å². The zero-order chi connectivity index (χ0) is 17.3. The Balaban J connectivity index is 1.66. The van der Waals surface area contributed by atoms with Crippen molar-refractivity contribution in [2.75, 3.05) is 13.1 Å². The van der Waals surface area contributed by atoms with Crippen molar-refractivity contribution in [1.82, 2.24) is 9.88 Å². The molecule has 3 aliphatic rings. The molecule has 2 aromatic heterocycles. The van der Waals surface area contributed by atoms with Crippen molar-refractivity contribution in [3.63, 3.8) is 0 Å². The Morgan fingerprint density at radius 2 is 1.88 bits per heavy atom. The average molecular weight is 365 g/mol. The molecule has 0 radical (unpaired) electrons. The lowest BCUT2D eigenvalue weighted by Crippen LogP contribution is -2.44. The Morgan fingerprint density at radius 1 is 1.00 bits per heavy atom. The predicted molar refractivity (Wildman–Crippen MR) is 108 cm³/mol. The van der Waals surface area contributed by atoms with Crippen LogP contribution in [0.25, 0.3) is 0 Å². The third-order valence-electron chi connectivity index (χ3n) is 5.78. The van der Waals surface area contributed by atoms with E-state index in [9.17, 15) is 0 Å². The number of rotatable bonds is 2. The molecule has 5 rings (SSSR count). The second-order valence-electron chi connectivity index (χ2n) is 7.45. The zero-order valence-electron chi connectivity index (χ0n) is 15.0. The standard InChI is InChI=1S/C21H24N4S/c1-2-7-15(8-3-1)18-16-9-4-11-22-20(16)24-21(25-12-6-13-25)19(23-18)17-10-5-14-26-17/h4-5,9-11,14-15,19H,1-3,6-8,12-13H2. The van der Waals surface area contributed by atoms with Gasteiger partial charge in [0.1, 0.15) is 11.9 Å². The number of hydrogen-bond donors (Lipinski definition) is 0. The third kappa shape index (κ3) is 2.88. The molecule has 2 fully saturated rings. The maximum absolute atomic E-state index is 5.38. The van der Waals surface area contributed by atoms with Crippen LogP contribution in [0.15, 0.2) is 45.8 Å². The fraction of sp³-hybridized carbons (Fsp3) is 0.476. The minimum atomic E-state index is 0.0152. The summed E-state index contributed by atoms with van der Waals surface area (Å²) < 4.78 is 0. The Hall–Kier alpha value is -2.01. The smallest absolute Gasteiger partial charge is 0.163 e. The van der Waals surface area contributed by atoms with Gasteiger partial charge < -0.3 is 4.90 Å². The molecule has 0 spiro atoms. The van der Waals surface area contributed by atoms with Gasteiger partial charge >= 0.3 is 0 Å². The lowest BCUT2D eigenvalue weighted by atomic mass is 9.83. The molecular weight excluding hydrogens is 340 g/mol. The topological polar surface area (TPSA) is 40.9 Å². The Bertz CT molecular complexity index is 829. The number of fused-ring (bicyclic) bond motifs is 1. The molecule has 134 valence electrons. The van der Waals surface area contributed by atoms with E-state index in [4.69, 9.17) is 9.98 Å². The van der Waals surface area contributed by atoms with Crippen molar-refractivity contribution >= 4 is 28.7 Å². The first-order valence-corrected chi connectivity index (χ1v) is 10.7. The van der Waals surface area contributed by atoms with Crippen molar-refractivity contribution in [3.05, 3.63) is 46.3 Å². The van der Waals surface area contributed by atoms with Crippen LogP contribution >= 0.6 is 11.3 Å². The fourth-order valence-corrected chi connectivity index (χ4v) is 5.01. The number of amidine groups is 1. The van der Waals surface area contributed by atoms with Crippen molar-refractivity contribution in [2.45, 2.75) is 44.6 Å². The first kappa shape index (κ1) is 16.2. The van der Waals surface area contributed by atoms with E-state index in [1.807, 2.05) is 12.3 Å². The monoisotopic (exact) mass is 364 g/mol. The summed E-state index contributed by atoms with van der Waals surface area (Å²) in [6.07, 6.45) is 9.55. The predicted octanol–water partition coefficient (Wildman–Crippen LogP) is 5.00. The molecule has 4 heterocycles. The molecule has 1 saturated heterocycles. The molecule has 1 unspecified atom stereocenters. The first-order valence-electron chi connectivity index (χ1n) is 9.80. The Morgan fingerprint density at radius 3 is 2.62 bits per heavy atom. The van der Waals surface area contributed by atoms with E-state index in [1.165, 1.54) is 49.1 Å². The highest BCUT2D eigenvalue weighted by Crippen LogP contribution is 2.37. The summed E-state index contributed by atoms with van der Waals surface area (Å²) in [6, 6.07) is 8.54. The molecule has 0 aromatic carbocycles. The lowest BCUT2D eigenvalue weighted by molar-refractivity contribution is 0.291. The van der Waals surface area contributed by atoms with Crippen molar-refractivity contribution in [3.8, 4) is 0 Å². The molecule has 0 N–H and O–H groups in total. The summed E-state index contributed by atoms with van der Waals surface area (Å²) in [5.74, 6) is 2.49. The molecule has 26 heavy (non-hydrogen) atoms. The quantitative estimate of drug-likeness (QED) is 0.752. The van der Waals surface area contributed by atoms with E-state index in [0.717, 1.165) is 30.3 Å². The van der Waals surface area contributed by atoms with Crippen LogP contribution in [0.1, 0.15) is 55.0 Å². The van der Waals surface area contributed by atoms with Gasteiger partial charge in [-0.05, 0) is 42.8 Å². The van der Waals surface area contributed by atoms with Crippen LogP contribution in [0.5, 0.6) is 0 Å². The molecule has 2 aliphatic heterocycles. The van der Waals surface area contributed by atoms with Crippen LogP contribution in [-0.2, 0) is 0 Å². The van der Waals surface area contributed by atoms with Gasteiger partial charge in [0.2, 0.25) is 0 Å². The van der Waals surface area contributed by atoms with Crippen molar-refractivity contribution < 1.29 is 0 Å². The van der Waals surface area contributed by atoms with E-state index in [2.05, 4.69) is 33.5 Å². The molecular formula is C21H24N4S. The number of pyridine rings is 1. The van der Waals surface area contributed by atoms with Gasteiger partial charge in [0.05, 0.1) is 5.71 Å². The minimum Gasteiger partial charge on any atom is -0.358 e. The normalized spacial score (nSPS) is 23.5. The molecule has 4 nitrogen and oxygen atoms in total. The average Bonchev–Trinajstić information content (AvgIpc) is 3.11. The van der Waals surface area contributed by atoms with Crippen LogP contribution in [0.2, 0.25) is 0 Å². The van der Waals surface area contributed by atoms with Gasteiger partial charge in [0.15, 0.2) is 5.82 Å². The van der Waals surface area contributed by atoms with Gasteiger partial charge in [0.25, 0.3) is 0 Å². The van der Waals surface area contributed by atoms with E-state index < -0.39 is 0 Å². The number of hydrogen-bond acceptors (Lipinski definition) is 5. The van der Waals surface area contributed by atoms with E-state index in [0.29, 0.717) is 5.92 Å². The molecule has 2 aromatic rings. The maximum atomic E-state index is 5.38. The Kier molecular flexibility index (Phi) is 4.33. The second-order valence-corrected chi connectivity index (χ2v) is 8.43. The van der Waals surface area contributed by atoms with Gasteiger partial charge in [-0.15, -0.1) is 11.3 Å². The second kappa shape index (κ2) is 6.95. The summed E-state index contributed by atoms with van der Waals surface area (Å²) in [5.41, 5.74) is 2.39. The maximum Gasteiger partial charge on any atom is 0.163 e.